The summed E-state index contributed by atoms with van der Waals surface area (Å²) in [6.45, 7) is 9.50. The van der Waals surface area contributed by atoms with E-state index >= 15 is 0 Å². The van der Waals surface area contributed by atoms with Gasteiger partial charge in [-0.05, 0) is 29.2 Å². The van der Waals surface area contributed by atoms with E-state index in [-0.39, 0.29) is 11.8 Å². The van der Waals surface area contributed by atoms with Crippen molar-refractivity contribution in [1.82, 2.24) is 10.2 Å². The molecule has 3 rings (SSSR count). The first kappa shape index (κ1) is 20.4. The molecule has 1 heterocycles. The molecule has 5 nitrogen and oxygen atoms in total. The lowest BCUT2D eigenvalue weighted by Gasteiger charge is -2.36. The van der Waals surface area contributed by atoms with Gasteiger partial charge >= 0.3 is 0 Å². The highest BCUT2D eigenvalue weighted by Crippen LogP contribution is 2.18. The van der Waals surface area contributed by atoms with Gasteiger partial charge in [0.05, 0.1) is 6.04 Å². The Morgan fingerprint density at radius 1 is 0.964 bits per heavy atom. The van der Waals surface area contributed by atoms with Crippen molar-refractivity contribution in [3.63, 3.8) is 0 Å². The predicted molar refractivity (Wildman–Crippen MR) is 115 cm³/mol. The summed E-state index contributed by atoms with van der Waals surface area (Å²) in [7, 11) is 0. The molecule has 0 unspecified atom stereocenters. The van der Waals surface area contributed by atoms with Gasteiger partial charge in [0.25, 0.3) is 0 Å². The predicted octanol–water partition coefficient (Wildman–Crippen LogP) is 2.61. The van der Waals surface area contributed by atoms with Gasteiger partial charge in [-0.15, -0.1) is 0 Å². The van der Waals surface area contributed by atoms with Gasteiger partial charge in [-0.1, -0.05) is 56.3 Å². The quantitative estimate of drug-likeness (QED) is 0.775. The Morgan fingerprint density at radius 3 is 2.21 bits per heavy atom. The van der Waals surface area contributed by atoms with Gasteiger partial charge < -0.3 is 16.0 Å². The molecular weight excluding hydrogens is 348 g/mol. The molecule has 1 atom stereocenters. The van der Waals surface area contributed by atoms with Crippen LogP contribution in [0.1, 0.15) is 25.0 Å². The van der Waals surface area contributed by atoms with Gasteiger partial charge in [-0.25, -0.2) is 0 Å². The third kappa shape index (κ3) is 5.33. The Hall–Kier alpha value is -2.37. The fourth-order valence-corrected chi connectivity index (χ4v) is 3.53. The molecular formula is C23H32N4O. The Labute approximate surface area is 168 Å². The summed E-state index contributed by atoms with van der Waals surface area (Å²) in [4.78, 5) is 17.1. The standard InChI is InChI=1S/C23H32N4O/c1-18(2)22(24)23(28)25-16-19-8-6-7-9-20(19)17-26-12-14-27(15-13-26)21-10-4-3-5-11-21/h3-11,18,22H,12-17,24H2,1-2H3,(H,25,28)/t22-/m0/s1. The highest BCUT2D eigenvalue weighted by molar-refractivity contribution is 5.81. The van der Waals surface area contributed by atoms with Gasteiger partial charge in [0.2, 0.25) is 5.91 Å². The average Bonchev–Trinajstić information content (AvgIpc) is 2.73. The topological polar surface area (TPSA) is 61.6 Å². The molecule has 0 radical (unpaired) electrons. The number of hydrogen-bond acceptors (Lipinski definition) is 4. The van der Waals surface area contributed by atoms with Crippen molar-refractivity contribution in [2.45, 2.75) is 33.0 Å². The molecule has 1 aliphatic heterocycles. The van der Waals surface area contributed by atoms with E-state index < -0.39 is 6.04 Å². The van der Waals surface area contributed by atoms with Crippen LogP contribution in [0.15, 0.2) is 54.6 Å². The number of carbonyl (C=O) groups is 1. The molecule has 1 aliphatic rings. The van der Waals surface area contributed by atoms with Crippen LogP contribution in [0.5, 0.6) is 0 Å². The van der Waals surface area contributed by atoms with Crippen LogP contribution in [0, 0.1) is 5.92 Å². The first-order valence-electron chi connectivity index (χ1n) is 10.2. The van der Waals surface area contributed by atoms with Crippen LogP contribution in [-0.2, 0) is 17.9 Å². The summed E-state index contributed by atoms with van der Waals surface area (Å²) < 4.78 is 0. The largest absolute Gasteiger partial charge is 0.369 e. The van der Waals surface area contributed by atoms with E-state index in [9.17, 15) is 4.79 Å². The summed E-state index contributed by atoms with van der Waals surface area (Å²) >= 11 is 0. The number of anilines is 1. The average molecular weight is 381 g/mol. The maximum absolute atomic E-state index is 12.2. The molecule has 1 amide bonds. The van der Waals surface area contributed by atoms with Gasteiger partial charge in [-0.3, -0.25) is 9.69 Å². The monoisotopic (exact) mass is 380 g/mol. The normalized spacial score (nSPS) is 16.2. The van der Waals surface area contributed by atoms with Crippen LogP contribution < -0.4 is 16.0 Å². The first-order valence-corrected chi connectivity index (χ1v) is 10.2. The minimum Gasteiger partial charge on any atom is -0.369 e. The number of nitrogens with one attached hydrogen (secondary N) is 1. The minimum absolute atomic E-state index is 0.0821. The number of amides is 1. The molecule has 0 saturated carbocycles. The molecule has 0 aliphatic carbocycles. The minimum atomic E-state index is -0.460. The van der Waals surface area contributed by atoms with Crippen molar-refractivity contribution < 1.29 is 4.79 Å². The summed E-state index contributed by atoms with van der Waals surface area (Å²) in [6, 6.07) is 18.5. The number of nitrogens with two attached hydrogens (primary N) is 1. The van der Waals surface area contributed by atoms with Crippen LogP contribution in [0.3, 0.4) is 0 Å². The maximum Gasteiger partial charge on any atom is 0.237 e. The fraction of sp³-hybridized carbons (Fsp3) is 0.435. The van der Waals surface area contributed by atoms with Crippen molar-refractivity contribution in [1.29, 1.82) is 0 Å². The van der Waals surface area contributed by atoms with Crippen LogP contribution in [-0.4, -0.2) is 43.0 Å². The molecule has 1 fully saturated rings. The number of nitrogens with zero attached hydrogens (tertiary/aromatic N) is 2. The number of benzene rings is 2. The summed E-state index contributed by atoms with van der Waals surface area (Å²) in [5.41, 5.74) is 9.68. The second kappa shape index (κ2) is 9.71. The molecule has 2 aromatic rings. The molecule has 0 spiro atoms. The lowest BCUT2D eigenvalue weighted by Crippen LogP contribution is -2.46. The number of rotatable bonds is 7. The Morgan fingerprint density at radius 2 is 1.57 bits per heavy atom. The molecule has 1 saturated heterocycles. The SMILES string of the molecule is CC(C)[C@H](N)C(=O)NCc1ccccc1CN1CCN(c2ccccc2)CC1. The fourth-order valence-electron chi connectivity index (χ4n) is 3.53. The zero-order valence-corrected chi connectivity index (χ0v) is 17.0. The Balaban J connectivity index is 1.55. The van der Waals surface area contributed by atoms with Crippen molar-refractivity contribution >= 4 is 11.6 Å². The van der Waals surface area contributed by atoms with Crippen LogP contribution in [0.2, 0.25) is 0 Å². The van der Waals surface area contributed by atoms with Crippen molar-refractivity contribution in [3.05, 3.63) is 65.7 Å². The Bertz CT molecular complexity index is 754. The van der Waals surface area contributed by atoms with E-state index in [0.29, 0.717) is 6.54 Å². The first-order chi connectivity index (χ1) is 13.5. The molecule has 150 valence electrons. The molecule has 28 heavy (non-hydrogen) atoms. The molecule has 3 N–H and O–H groups in total. The molecule has 0 bridgehead atoms. The lowest BCUT2D eigenvalue weighted by molar-refractivity contribution is -0.123. The maximum atomic E-state index is 12.2. The summed E-state index contributed by atoms with van der Waals surface area (Å²) in [6.07, 6.45) is 0. The van der Waals surface area contributed by atoms with Crippen molar-refractivity contribution in [2.24, 2.45) is 11.7 Å². The van der Waals surface area contributed by atoms with Gasteiger partial charge in [0.15, 0.2) is 0 Å². The lowest BCUT2D eigenvalue weighted by atomic mass is 10.0. The van der Waals surface area contributed by atoms with E-state index in [0.717, 1.165) is 38.3 Å². The van der Waals surface area contributed by atoms with E-state index in [1.807, 2.05) is 19.9 Å². The number of para-hydroxylation sites is 1. The zero-order chi connectivity index (χ0) is 19.9. The second-order valence-corrected chi connectivity index (χ2v) is 7.86. The third-order valence-electron chi connectivity index (χ3n) is 5.48. The van der Waals surface area contributed by atoms with Gasteiger partial charge in [-0.2, -0.15) is 0 Å². The van der Waals surface area contributed by atoms with E-state index in [4.69, 9.17) is 5.73 Å². The van der Waals surface area contributed by atoms with Gasteiger partial charge in [0, 0.05) is 45.0 Å². The highest BCUT2D eigenvalue weighted by Gasteiger charge is 2.19. The smallest absolute Gasteiger partial charge is 0.237 e. The number of piperazine rings is 1. The van der Waals surface area contributed by atoms with Crippen LogP contribution in [0.4, 0.5) is 5.69 Å². The van der Waals surface area contributed by atoms with E-state index in [2.05, 4.69) is 63.6 Å². The van der Waals surface area contributed by atoms with Gasteiger partial charge in [0.1, 0.15) is 0 Å². The van der Waals surface area contributed by atoms with Crippen LogP contribution in [0.25, 0.3) is 0 Å². The molecule has 5 heteroatoms. The Kier molecular flexibility index (Phi) is 7.06. The number of hydrogen-bond donors (Lipinski definition) is 2. The van der Waals surface area contributed by atoms with E-state index in [1.54, 1.807) is 0 Å². The summed E-state index contributed by atoms with van der Waals surface area (Å²) in [5.74, 6) is 0.0532. The zero-order valence-electron chi connectivity index (χ0n) is 17.0. The van der Waals surface area contributed by atoms with Crippen molar-refractivity contribution in [2.75, 3.05) is 31.1 Å². The second-order valence-electron chi connectivity index (χ2n) is 7.86. The number of carbonyl (C=O) groups excluding carboxylic acids is 1. The van der Waals surface area contributed by atoms with Crippen molar-refractivity contribution in [3.8, 4) is 0 Å². The molecule has 2 aromatic carbocycles. The summed E-state index contributed by atoms with van der Waals surface area (Å²) in [5, 5.41) is 3.00. The van der Waals surface area contributed by atoms with E-state index in [1.165, 1.54) is 11.3 Å². The third-order valence-corrected chi connectivity index (χ3v) is 5.48. The van der Waals surface area contributed by atoms with Crippen LogP contribution >= 0.6 is 0 Å². The highest BCUT2D eigenvalue weighted by atomic mass is 16.2. The molecule has 0 aromatic heterocycles.